The second kappa shape index (κ2) is 8.83. The fourth-order valence-electron chi connectivity index (χ4n) is 3.61. The zero-order chi connectivity index (χ0) is 23.5. The van der Waals surface area contributed by atoms with Gasteiger partial charge in [0, 0.05) is 11.6 Å². The molecule has 0 saturated heterocycles. The van der Waals surface area contributed by atoms with Crippen LogP contribution < -0.4 is 10.7 Å². The van der Waals surface area contributed by atoms with Gasteiger partial charge in [-0.05, 0) is 42.8 Å². The summed E-state index contributed by atoms with van der Waals surface area (Å²) in [7, 11) is 0. The normalized spacial score (nSPS) is 17.9. The van der Waals surface area contributed by atoms with Crippen LogP contribution in [0.1, 0.15) is 21.7 Å². The predicted octanol–water partition coefficient (Wildman–Crippen LogP) is 4.16. The van der Waals surface area contributed by atoms with E-state index in [1.54, 1.807) is 37.3 Å². The van der Waals surface area contributed by atoms with Crippen molar-refractivity contribution in [2.75, 3.05) is 5.01 Å². The highest BCUT2D eigenvalue weighted by Crippen LogP contribution is 2.30. The molecule has 1 aliphatic rings. The summed E-state index contributed by atoms with van der Waals surface area (Å²) in [5, 5.41) is 34.8. The molecule has 0 amide bonds. The number of nitrogens with zero attached hydrogens (tertiary/aromatic N) is 4. The van der Waals surface area contributed by atoms with Gasteiger partial charge in [0.15, 0.2) is 0 Å². The van der Waals surface area contributed by atoms with Gasteiger partial charge >= 0.3 is 5.97 Å². The van der Waals surface area contributed by atoms with Gasteiger partial charge in [-0.25, -0.2) is 9.80 Å². The number of hydrogen-bond acceptors (Lipinski definition) is 7. The minimum atomic E-state index is -1.02. The van der Waals surface area contributed by atoms with Crippen molar-refractivity contribution < 1.29 is 14.3 Å². The summed E-state index contributed by atoms with van der Waals surface area (Å²) in [6.07, 6.45) is 0.763. The SMILES string of the molecule is Cc1ccc(-c2ccc(C=C(C#N)C3=NN(c4ccccc4)C(N)C3C#N)o2)cc1C(=O)O. The molecular weight excluding hydrogens is 418 g/mol. The third-order valence-corrected chi connectivity index (χ3v) is 5.36. The van der Waals surface area contributed by atoms with Gasteiger partial charge in [0.1, 0.15) is 29.7 Å². The zero-order valence-corrected chi connectivity index (χ0v) is 17.6. The molecule has 0 spiro atoms. The molecule has 2 unspecified atom stereocenters. The molecule has 33 heavy (non-hydrogen) atoms. The number of aryl methyl sites for hydroxylation is 1. The minimum absolute atomic E-state index is 0.159. The lowest BCUT2D eigenvalue weighted by Crippen LogP contribution is -2.40. The predicted molar refractivity (Wildman–Crippen MR) is 123 cm³/mol. The van der Waals surface area contributed by atoms with E-state index in [1.807, 2.05) is 30.3 Å². The Morgan fingerprint density at radius 1 is 1.18 bits per heavy atom. The molecule has 3 N–H and O–H groups in total. The van der Waals surface area contributed by atoms with Crippen LogP contribution in [0.5, 0.6) is 0 Å². The molecule has 3 aromatic rings. The standard InChI is InChI=1S/C25H19N5O3/c1-15-7-8-16(12-20(15)25(31)32)22-10-9-19(33-22)11-17(13-26)23-21(14-27)24(28)30(29-23)18-5-3-2-4-6-18/h2-12,21,24H,28H2,1H3,(H,31,32). The van der Waals surface area contributed by atoms with Gasteiger partial charge in [-0.3, -0.25) is 0 Å². The maximum atomic E-state index is 11.4. The van der Waals surface area contributed by atoms with Gasteiger partial charge in [-0.1, -0.05) is 30.3 Å². The van der Waals surface area contributed by atoms with Crippen LogP contribution in [0, 0.1) is 35.5 Å². The van der Waals surface area contributed by atoms with Crippen LogP contribution in [0.4, 0.5) is 5.69 Å². The van der Waals surface area contributed by atoms with Crippen LogP contribution in [0.3, 0.4) is 0 Å². The molecule has 0 bridgehead atoms. The Morgan fingerprint density at radius 2 is 1.94 bits per heavy atom. The van der Waals surface area contributed by atoms with E-state index in [2.05, 4.69) is 17.2 Å². The highest BCUT2D eigenvalue weighted by atomic mass is 16.4. The molecule has 2 atom stereocenters. The number of anilines is 1. The highest BCUT2D eigenvalue weighted by molar-refractivity contribution is 6.11. The average molecular weight is 437 g/mol. The Labute approximate surface area is 190 Å². The van der Waals surface area contributed by atoms with Crippen LogP contribution in [-0.2, 0) is 0 Å². The van der Waals surface area contributed by atoms with Crippen LogP contribution >= 0.6 is 0 Å². The molecule has 0 fully saturated rings. The van der Waals surface area contributed by atoms with Crippen molar-refractivity contribution in [3.63, 3.8) is 0 Å². The monoisotopic (exact) mass is 437 g/mol. The maximum Gasteiger partial charge on any atom is 0.335 e. The first-order chi connectivity index (χ1) is 15.9. The number of aromatic carboxylic acids is 1. The van der Waals surface area contributed by atoms with Crippen LogP contribution in [0.2, 0.25) is 0 Å². The first kappa shape index (κ1) is 21.6. The van der Waals surface area contributed by atoms with Crippen LogP contribution in [0.15, 0.2) is 75.8 Å². The van der Waals surface area contributed by atoms with Gasteiger partial charge in [0.2, 0.25) is 0 Å². The number of hydrazone groups is 1. The second-order valence-corrected chi connectivity index (χ2v) is 7.47. The average Bonchev–Trinajstić information content (AvgIpc) is 3.42. The molecule has 0 radical (unpaired) electrons. The summed E-state index contributed by atoms with van der Waals surface area (Å²) in [6, 6.07) is 21.8. The van der Waals surface area contributed by atoms with Crippen molar-refractivity contribution in [2.45, 2.75) is 13.1 Å². The Bertz CT molecular complexity index is 1360. The number of carbonyl (C=O) groups is 1. The number of allylic oxidation sites excluding steroid dienone is 1. The van der Waals surface area contributed by atoms with E-state index < -0.39 is 18.1 Å². The largest absolute Gasteiger partial charge is 0.478 e. The minimum Gasteiger partial charge on any atom is -0.478 e. The lowest BCUT2D eigenvalue weighted by molar-refractivity contribution is 0.0696. The number of furan rings is 1. The number of para-hydroxylation sites is 1. The van der Waals surface area contributed by atoms with E-state index in [-0.39, 0.29) is 16.8 Å². The Morgan fingerprint density at radius 3 is 2.61 bits per heavy atom. The summed E-state index contributed by atoms with van der Waals surface area (Å²) < 4.78 is 5.84. The Balaban J connectivity index is 1.68. The van der Waals surface area contributed by atoms with Gasteiger partial charge < -0.3 is 15.3 Å². The summed E-state index contributed by atoms with van der Waals surface area (Å²) in [4.78, 5) is 11.4. The van der Waals surface area contributed by atoms with E-state index in [0.717, 1.165) is 0 Å². The third kappa shape index (κ3) is 4.11. The molecule has 162 valence electrons. The smallest absolute Gasteiger partial charge is 0.335 e. The van der Waals surface area contributed by atoms with Gasteiger partial charge in [-0.15, -0.1) is 0 Å². The van der Waals surface area contributed by atoms with Crippen LogP contribution in [-0.4, -0.2) is 23.0 Å². The molecule has 0 saturated carbocycles. The number of hydrogen-bond donors (Lipinski definition) is 2. The van der Waals surface area contributed by atoms with Crippen molar-refractivity contribution in [3.05, 3.63) is 83.1 Å². The van der Waals surface area contributed by atoms with E-state index in [0.29, 0.717) is 28.3 Å². The van der Waals surface area contributed by atoms with Gasteiger partial charge in [-0.2, -0.15) is 15.6 Å². The maximum absolute atomic E-state index is 11.4. The number of rotatable bonds is 5. The fourth-order valence-corrected chi connectivity index (χ4v) is 3.61. The first-order valence-electron chi connectivity index (χ1n) is 10.1. The lowest BCUT2D eigenvalue weighted by atomic mass is 9.96. The van der Waals surface area contributed by atoms with Gasteiger partial charge in [0.25, 0.3) is 0 Å². The van der Waals surface area contributed by atoms with Crippen LogP contribution in [0.25, 0.3) is 17.4 Å². The number of benzene rings is 2. The summed E-state index contributed by atoms with van der Waals surface area (Å²) in [5.41, 5.74) is 8.82. The first-order valence-corrected chi connectivity index (χ1v) is 10.1. The van der Waals surface area contributed by atoms with Gasteiger partial charge in [0.05, 0.1) is 28.6 Å². The molecule has 2 aromatic carbocycles. The van der Waals surface area contributed by atoms with E-state index in [9.17, 15) is 20.4 Å². The van der Waals surface area contributed by atoms with E-state index >= 15 is 0 Å². The van der Waals surface area contributed by atoms with E-state index in [4.69, 9.17) is 10.2 Å². The topological polar surface area (TPSA) is 140 Å². The summed E-state index contributed by atoms with van der Waals surface area (Å²) in [5.74, 6) is -1.01. The Kier molecular flexibility index (Phi) is 5.77. The molecule has 4 rings (SSSR count). The lowest BCUT2D eigenvalue weighted by Gasteiger charge is -2.21. The molecule has 0 aliphatic carbocycles. The highest BCUT2D eigenvalue weighted by Gasteiger charge is 2.37. The molecule has 1 aliphatic heterocycles. The molecule has 1 aromatic heterocycles. The molecule has 2 heterocycles. The van der Waals surface area contributed by atoms with Crippen molar-refractivity contribution >= 4 is 23.4 Å². The number of carboxylic acid groups (broad SMARTS) is 1. The van der Waals surface area contributed by atoms with Crippen molar-refractivity contribution in [1.29, 1.82) is 10.5 Å². The molecule has 8 heteroatoms. The third-order valence-electron chi connectivity index (χ3n) is 5.36. The van der Waals surface area contributed by atoms with E-state index in [1.165, 1.54) is 11.1 Å². The molecule has 8 nitrogen and oxygen atoms in total. The zero-order valence-electron chi connectivity index (χ0n) is 17.6. The van der Waals surface area contributed by atoms with Crippen molar-refractivity contribution in [2.24, 2.45) is 16.8 Å². The number of nitriles is 2. The van der Waals surface area contributed by atoms with Crippen molar-refractivity contribution in [1.82, 2.24) is 0 Å². The summed E-state index contributed by atoms with van der Waals surface area (Å²) >= 11 is 0. The molecular formula is C25H19N5O3. The summed E-state index contributed by atoms with van der Waals surface area (Å²) in [6.45, 7) is 1.72. The second-order valence-electron chi connectivity index (χ2n) is 7.47. The number of nitrogens with two attached hydrogens (primary N) is 1. The number of carboxylic acids is 1. The van der Waals surface area contributed by atoms with Crippen molar-refractivity contribution in [3.8, 4) is 23.5 Å². The Hall–Kier alpha value is -4.66. The quantitative estimate of drug-likeness (QED) is 0.571. The fraction of sp³-hybridized carbons (Fsp3) is 0.120.